The number of allylic oxidation sites excluding steroid dienone is 1. The number of nitrogens with one attached hydrogen (secondary N) is 1. The Hall–Kier alpha value is -3.73. The highest BCUT2D eigenvalue weighted by Crippen LogP contribution is 2.34. The number of amides is 2. The van der Waals surface area contributed by atoms with Gasteiger partial charge < -0.3 is 29.4 Å². The van der Waals surface area contributed by atoms with Gasteiger partial charge in [-0.05, 0) is 13.0 Å². The fraction of sp³-hybridized carbons (Fsp3) is 0.318. The van der Waals surface area contributed by atoms with Crippen molar-refractivity contribution in [3.8, 4) is 5.75 Å². The highest BCUT2D eigenvalue weighted by atomic mass is 19.1. The van der Waals surface area contributed by atoms with Crippen molar-refractivity contribution in [3.63, 3.8) is 0 Å². The van der Waals surface area contributed by atoms with E-state index in [2.05, 4.69) is 5.32 Å². The van der Waals surface area contributed by atoms with Gasteiger partial charge in [0.05, 0.1) is 24.5 Å². The Morgan fingerprint density at radius 2 is 2.06 bits per heavy atom. The summed E-state index contributed by atoms with van der Waals surface area (Å²) in [6.07, 6.45) is 0. The lowest BCUT2D eigenvalue weighted by Crippen LogP contribution is -2.46. The standard InChI is InChI=1S/C22H21F2N3O6/c1-11-15-9-26(5-6-32-2)22(31)18-20(29)19(28)17(16(10-33-11)27(15)18)21(30)25-8-12-3-4-13(23)7-14(12)24/h3-4,7,29H,5-6,8-10H2,1-2H3,(H,25,30). The summed E-state index contributed by atoms with van der Waals surface area (Å²) in [6, 6.07) is 2.90. The second-order valence-electron chi connectivity index (χ2n) is 7.61. The number of methoxy groups -OCH3 is 1. The summed E-state index contributed by atoms with van der Waals surface area (Å²) in [4.78, 5) is 40.3. The van der Waals surface area contributed by atoms with Crippen LogP contribution in [0.15, 0.2) is 28.8 Å². The van der Waals surface area contributed by atoms with E-state index in [4.69, 9.17) is 9.47 Å². The second-order valence-corrected chi connectivity index (χ2v) is 7.61. The molecule has 0 bridgehead atoms. The van der Waals surface area contributed by atoms with E-state index in [0.717, 1.165) is 6.07 Å². The summed E-state index contributed by atoms with van der Waals surface area (Å²) in [6.45, 7) is 1.77. The first-order chi connectivity index (χ1) is 15.7. The molecule has 33 heavy (non-hydrogen) atoms. The number of aromatic hydroxyl groups is 1. The minimum Gasteiger partial charge on any atom is -0.503 e. The molecule has 11 heteroatoms. The van der Waals surface area contributed by atoms with Crippen molar-refractivity contribution in [1.82, 2.24) is 14.8 Å². The number of halogens is 2. The fourth-order valence-corrected chi connectivity index (χ4v) is 3.89. The number of pyridine rings is 1. The van der Waals surface area contributed by atoms with Gasteiger partial charge in [-0.3, -0.25) is 14.4 Å². The van der Waals surface area contributed by atoms with E-state index in [1.54, 1.807) is 6.92 Å². The molecule has 2 aliphatic rings. The Morgan fingerprint density at radius 1 is 1.30 bits per heavy atom. The molecule has 2 N–H and O–H groups in total. The number of carbonyl (C=O) groups excluding carboxylic acids is 2. The van der Waals surface area contributed by atoms with Crippen LogP contribution < -0.4 is 10.7 Å². The zero-order chi connectivity index (χ0) is 23.9. The van der Waals surface area contributed by atoms with Gasteiger partial charge in [-0.1, -0.05) is 6.07 Å². The first-order valence-electron chi connectivity index (χ1n) is 10.1. The Bertz CT molecular complexity index is 1250. The maximum Gasteiger partial charge on any atom is 0.275 e. The molecule has 4 rings (SSSR count). The maximum atomic E-state index is 13.9. The normalized spacial score (nSPS) is 14.8. The van der Waals surface area contributed by atoms with E-state index in [1.165, 1.54) is 22.6 Å². The van der Waals surface area contributed by atoms with Crippen molar-refractivity contribution in [2.45, 2.75) is 20.1 Å². The van der Waals surface area contributed by atoms with Crippen LogP contribution in [0.5, 0.6) is 5.75 Å². The van der Waals surface area contributed by atoms with Gasteiger partial charge in [-0.15, -0.1) is 0 Å². The van der Waals surface area contributed by atoms with Crippen LogP contribution in [0.3, 0.4) is 0 Å². The highest BCUT2D eigenvalue weighted by Gasteiger charge is 2.39. The van der Waals surface area contributed by atoms with Crippen LogP contribution in [0.25, 0.3) is 5.70 Å². The van der Waals surface area contributed by atoms with Gasteiger partial charge in [0.25, 0.3) is 11.8 Å². The Morgan fingerprint density at radius 3 is 2.76 bits per heavy atom. The predicted octanol–water partition coefficient (Wildman–Crippen LogP) is 1.58. The summed E-state index contributed by atoms with van der Waals surface area (Å²) in [7, 11) is 1.49. The molecule has 2 aliphatic heterocycles. The molecule has 0 spiro atoms. The van der Waals surface area contributed by atoms with Crippen LogP contribution in [-0.4, -0.2) is 53.2 Å². The number of nitrogens with zero attached hydrogens (tertiary/aromatic N) is 2. The third-order valence-corrected chi connectivity index (χ3v) is 5.63. The summed E-state index contributed by atoms with van der Waals surface area (Å²) >= 11 is 0. The van der Waals surface area contributed by atoms with Gasteiger partial charge >= 0.3 is 0 Å². The fourth-order valence-electron chi connectivity index (χ4n) is 3.89. The predicted molar refractivity (Wildman–Crippen MR) is 111 cm³/mol. The third kappa shape index (κ3) is 3.84. The van der Waals surface area contributed by atoms with Crippen molar-refractivity contribution >= 4 is 17.5 Å². The maximum absolute atomic E-state index is 13.9. The average Bonchev–Trinajstić information content (AvgIpc) is 2.78. The van der Waals surface area contributed by atoms with Gasteiger partial charge in [-0.25, -0.2) is 8.78 Å². The molecule has 174 valence electrons. The van der Waals surface area contributed by atoms with Crippen LogP contribution in [-0.2, 0) is 22.6 Å². The molecule has 2 amide bonds. The lowest BCUT2D eigenvalue weighted by atomic mass is 10.0. The van der Waals surface area contributed by atoms with Crippen molar-refractivity contribution in [1.29, 1.82) is 0 Å². The zero-order valence-electron chi connectivity index (χ0n) is 17.9. The molecular formula is C22H21F2N3O6. The molecule has 0 aliphatic carbocycles. The van der Waals surface area contributed by atoms with Gasteiger partial charge in [0.1, 0.15) is 29.6 Å². The van der Waals surface area contributed by atoms with Gasteiger partial charge in [0, 0.05) is 31.8 Å². The third-order valence-electron chi connectivity index (χ3n) is 5.63. The van der Waals surface area contributed by atoms with E-state index < -0.39 is 40.2 Å². The molecule has 2 aromatic rings. The minimum atomic E-state index is -1.04. The molecule has 1 aromatic carbocycles. The topological polar surface area (TPSA) is 110 Å². The smallest absolute Gasteiger partial charge is 0.275 e. The molecule has 0 unspecified atom stereocenters. The number of ether oxygens (including phenoxy) is 2. The molecule has 0 radical (unpaired) electrons. The molecule has 0 fully saturated rings. The monoisotopic (exact) mass is 461 g/mol. The van der Waals surface area contributed by atoms with Crippen LogP contribution in [0, 0.1) is 11.6 Å². The van der Waals surface area contributed by atoms with Crippen LogP contribution in [0.2, 0.25) is 0 Å². The number of hydrogen-bond donors (Lipinski definition) is 2. The molecule has 9 nitrogen and oxygen atoms in total. The molecule has 1 aromatic heterocycles. The Balaban J connectivity index is 1.75. The van der Waals surface area contributed by atoms with Crippen molar-refractivity contribution < 1.29 is 33.0 Å². The first-order valence-corrected chi connectivity index (χ1v) is 10.1. The molecular weight excluding hydrogens is 440 g/mol. The summed E-state index contributed by atoms with van der Waals surface area (Å²) in [5, 5.41) is 13.1. The molecule has 0 saturated carbocycles. The SMILES string of the molecule is COCCN1CC2=C(C)OCc3c(C(=O)NCc4ccc(F)cc4F)c(=O)c(O)c(n32)C1=O. The lowest BCUT2D eigenvalue weighted by molar-refractivity contribution is 0.0673. The highest BCUT2D eigenvalue weighted by molar-refractivity contribution is 6.02. The van der Waals surface area contributed by atoms with Crippen LogP contribution in [0.1, 0.15) is 39.0 Å². The van der Waals surface area contributed by atoms with E-state index in [9.17, 15) is 28.3 Å². The summed E-state index contributed by atoms with van der Waals surface area (Å²) in [5.74, 6) is -3.48. The molecule has 3 heterocycles. The number of carbonyl (C=O) groups is 2. The van der Waals surface area contributed by atoms with Gasteiger partial charge in [0.15, 0.2) is 11.4 Å². The van der Waals surface area contributed by atoms with Crippen molar-refractivity contribution in [2.24, 2.45) is 0 Å². The summed E-state index contributed by atoms with van der Waals surface area (Å²) in [5.41, 5.74) is -1.10. The van der Waals surface area contributed by atoms with Gasteiger partial charge in [0.2, 0.25) is 5.43 Å². The van der Waals surface area contributed by atoms with Crippen LogP contribution >= 0.6 is 0 Å². The van der Waals surface area contributed by atoms with Crippen molar-refractivity contribution in [3.05, 3.63) is 68.3 Å². The van der Waals surface area contributed by atoms with E-state index in [-0.39, 0.29) is 49.8 Å². The second kappa shape index (κ2) is 8.66. The zero-order valence-corrected chi connectivity index (χ0v) is 17.9. The average molecular weight is 461 g/mol. The quantitative estimate of drug-likeness (QED) is 0.676. The largest absolute Gasteiger partial charge is 0.503 e. The van der Waals surface area contributed by atoms with Crippen LogP contribution in [0.4, 0.5) is 8.78 Å². The Kier molecular flexibility index (Phi) is 5.90. The van der Waals surface area contributed by atoms with E-state index in [1.807, 2.05) is 0 Å². The molecule has 0 saturated heterocycles. The first kappa shape index (κ1) is 22.5. The molecule has 0 atom stereocenters. The minimum absolute atomic E-state index is 0.0114. The number of rotatable bonds is 6. The number of benzene rings is 1. The number of hydrogen-bond acceptors (Lipinski definition) is 6. The van der Waals surface area contributed by atoms with Gasteiger partial charge in [-0.2, -0.15) is 0 Å². The number of aromatic nitrogens is 1. The van der Waals surface area contributed by atoms with E-state index in [0.29, 0.717) is 17.5 Å². The van der Waals surface area contributed by atoms with E-state index >= 15 is 0 Å². The Labute approximate surface area is 186 Å². The summed E-state index contributed by atoms with van der Waals surface area (Å²) < 4.78 is 39.1. The lowest BCUT2D eigenvalue weighted by Gasteiger charge is -2.37. The van der Waals surface area contributed by atoms with Crippen molar-refractivity contribution in [2.75, 3.05) is 26.8 Å².